The maximum atomic E-state index is 13.4. The van der Waals surface area contributed by atoms with Gasteiger partial charge in [0.1, 0.15) is 0 Å². The molecule has 0 atom stereocenters. The third kappa shape index (κ3) is 5.31. The predicted molar refractivity (Wildman–Crippen MR) is 147 cm³/mol. The van der Waals surface area contributed by atoms with E-state index in [-0.39, 0.29) is 11.8 Å². The molecular formula is C32H26N4O2. The van der Waals surface area contributed by atoms with Crippen molar-refractivity contribution in [2.45, 2.75) is 0 Å². The number of amides is 2. The molecule has 4 aromatic rings. The van der Waals surface area contributed by atoms with Gasteiger partial charge in [-0.25, -0.2) is 0 Å². The Morgan fingerprint density at radius 1 is 0.553 bits per heavy atom. The summed E-state index contributed by atoms with van der Waals surface area (Å²) in [5.74, 6) is -0.393. The van der Waals surface area contributed by atoms with Gasteiger partial charge in [-0.1, -0.05) is 72.8 Å². The van der Waals surface area contributed by atoms with Crippen LogP contribution in [-0.4, -0.2) is 48.8 Å². The summed E-state index contributed by atoms with van der Waals surface area (Å²) >= 11 is 0. The van der Waals surface area contributed by atoms with E-state index in [0.29, 0.717) is 57.6 Å². The molecule has 38 heavy (non-hydrogen) atoms. The Morgan fingerprint density at radius 3 is 1.24 bits per heavy atom. The number of nitriles is 2. The van der Waals surface area contributed by atoms with E-state index in [1.807, 2.05) is 48.5 Å². The van der Waals surface area contributed by atoms with Crippen molar-refractivity contribution in [1.82, 2.24) is 9.80 Å². The summed E-state index contributed by atoms with van der Waals surface area (Å²) in [6, 6.07) is 33.2. The molecule has 2 amide bonds. The van der Waals surface area contributed by atoms with Crippen LogP contribution in [0.2, 0.25) is 0 Å². The molecule has 0 radical (unpaired) electrons. The normalized spacial score (nSPS) is 10.2. The van der Waals surface area contributed by atoms with E-state index in [2.05, 4.69) is 12.1 Å². The largest absolute Gasteiger partial charge is 0.340 e. The van der Waals surface area contributed by atoms with Crippen molar-refractivity contribution in [1.29, 1.82) is 10.5 Å². The highest BCUT2D eigenvalue weighted by atomic mass is 16.2. The van der Waals surface area contributed by atoms with Crippen molar-refractivity contribution in [3.05, 3.63) is 119 Å². The molecule has 0 unspecified atom stereocenters. The third-order valence-corrected chi connectivity index (χ3v) is 6.45. The number of benzene rings is 4. The maximum Gasteiger partial charge on any atom is 0.254 e. The lowest BCUT2D eigenvalue weighted by molar-refractivity contribution is 0.0719. The van der Waals surface area contributed by atoms with Gasteiger partial charge in [0.05, 0.1) is 23.3 Å². The second kappa shape index (κ2) is 11.7. The monoisotopic (exact) mass is 498 g/mol. The fourth-order valence-electron chi connectivity index (χ4n) is 4.35. The summed E-state index contributed by atoms with van der Waals surface area (Å²) < 4.78 is 0. The summed E-state index contributed by atoms with van der Waals surface area (Å²) in [6.45, 7) is 0.624. The Hall–Kier alpha value is -5.20. The van der Waals surface area contributed by atoms with E-state index in [4.69, 9.17) is 0 Å². The predicted octanol–water partition coefficient (Wildman–Crippen LogP) is 5.61. The molecule has 4 aromatic carbocycles. The highest BCUT2D eigenvalue weighted by Crippen LogP contribution is 2.29. The quantitative estimate of drug-likeness (QED) is 0.331. The number of carbonyl (C=O) groups is 2. The van der Waals surface area contributed by atoms with Gasteiger partial charge in [0, 0.05) is 49.4 Å². The summed E-state index contributed by atoms with van der Waals surface area (Å²) in [6.07, 6.45) is 0. The zero-order valence-corrected chi connectivity index (χ0v) is 21.3. The third-order valence-electron chi connectivity index (χ3n) is 6.45. The molecule has 0 heterocycles. The lowest BCUT2D eigenvalue weighted by Gasteiger charge is -2.24. The van der Waals surface area contributed by atoms with Crippen LogP contribution in [0.1, 0.15) is 31.8 Å². The van der Waals surface area contributed by atoms with Crippen LogP contribution in [-0.2, 0) is 0 Å². The van der Waals surface area contributed by atoms with Gasteiger partial charge in [-0.3, -0.25) is 9.59 Å². The first-order valence-corrected chi connectivity index (χ1v) is 12.1. The minimum Gasteiger partial charge on any atom is -0.340 e. The Bertz CT molecular complexity index is 1460. The summed E-state index contributed by atoms with van der Waals surface area (Å²) in [7, 11) is 3.40. The minimum atomic E-state index is -0.197. The second-order valence-electron chi connectivity index (χ2n) is 8.86. The van der Waals surface area contributed by atoms with Crippen molar-refractivity contribution in [3.8, 4) is 34.4 Å². The number of likely N-dealkylation sites (N-methyl/N-ethyl adjacent to an activating group) is 2. The van der Waals surface area contributed by atoms with Crippen LogP contribution in [0.3, 0.4) is 0 Å². The summed E-state index contributed by atoms with van der Waals surface area (Å²) in [5.41, 5.74) is 4.76. The van der Waals surface area contributed by atoms with Crippen LogP contribution in [0.15, 0.2) is 97.1 Å². The molecule has 4 rings (SSSR count). The molecule has 6 nitrogen and oxygen atoms in total. The first-order chi connectivity index (χ1) is 18.5. The van der Waals surface area contributed by atoms with Gasteiger partial charge in [0.15, 0.2) is 0 Å². The first-order valence-electron chi connectivity index (χ1n) is 12.1. The number of nitrogens with zero attached hydrogens (tertiary/aromatic N) is 4. The summed E-state index contributed by atoms with van der Waals surface area (Å²) in [4.78, 5) is 30.0. The number of hydrogen-bond acceptors (Lipinski definition) is 4. The molecule has 0 aliphatic heterocycles. The number of rotatable bonds is 7. The van der Waals surface area contributed by atoms with E-state index < -0.39 is 0 Å². The molecule has 0 aliphatic carbocycles. The van der Waals surface area contributed by atoms with E-state index in [0.717, 1.165) is 0 Å². The molecule has 186 valence electrons. The zero-order valence-electron chi connectivity index (χ0n) is 21.3. The fourth-order valence-corrected chi connectivity index (χ4v) is 4.35. The van der Waals surface area contributed by atoms with E-state index in [1.54, 1.807) is 72.4 Å². The zero-order chi connectivity index (χ0) is 27.1. The molecule has 0 aromatic heterocycles. The van der Waals surface area contributed by atoms with Gasteiger partial charge in [0.25, 0.3) is 11.8 Å². The molecule has 0 saturated heterocycles. The highest BCUT2D eigenvalue weighted by Gasteiger charge is 2.21. The van der Waals surface area contributed by atoms with Gasteiger partial charge in [-0.15, -0.1) is 0 Å². The molecule has 0 bridgehead atoms. The smallest absolute Gasteiger partial charge is 0.254 e. The lowest BCUT2D eigenvalue weighted by atomic mass is 9.95. The van der Waals surface area contributed by atoms with Crippen LogP contribution in [0.25, 0.3) is 22.3 Å². The van der Waals surface area contributed by atoms with Crippen LogP contribution in [0.4, 0.5) is 0 Å². The van der Waals surface area contributed by atoms with Crippen molar-refractivity contribution in [3.63, 3.8) is 0 Å². The Balaban J connectivity index is 1.51. The van der Waals surface area contributed by atoms with Gasteiger partial charge in [-0.2, -0.15) is 10.5 Å². The van der Waals surface area contributed by atoms with Crippen LogP contribution >= 0.6 is 0 Å². The van der Waals surface area contributed by atoms with Crippen molar-refractivity contribution in [2.75, 3.05) is 27.2 Å². The standard InChI is InChI=1S/C32H26N4O2/c1-35(31(37)29-17-9-7-15-27(29)25-13-5-3-11-23(25)21-33)19-20-36(2)32(38)30-18-10-8-16-28(30)26-14-6-4-12-24(26)22-34/h3-18H,19-20H2,1-2H3. The van der Waals surface area contributed by atoms with Crippen LogP contribution in [0.5, 0.6) is 0 Å². The van der Waals surface area contributed by atoms with Crippen molar-refractivity contribution < 1.29 is 9.59 Å². The van der Waals surface area contributed by atoms with E-state index in [1.165, 1.54) is 0 Å². The molecule has 0 aliphatic rings. The number of hydrogen-bond donors (Lipinski definition) is 0. The van der Waals surface area contributed by atoms with E-state index >= 15 is 0 Å². The van der Waals surface area contributed by atoms with Crippen LogP contribution < -0.4 is 0 Å². The molecule has 0 saturated carbocycles. The van der Waals surface area contributed by atoms with E-state index in [9.17, 15) is 20.1 Å². The SMILES string of the molecule is CN(CCN(C)C(=O)c1ccccc1-c1ccccc1C#N)C(=O)c1ccccc1-c1ccccc1C#N. The van der Waals surface area contributed by atoms with Gasteiger partial charge in [0.2, 0.25) is 0 Å². The summed E-state index contributed by atoms with van der Waals surface area (Å²) in [5, 5.41) is 19.1. The van der Waals surface area contributed by atoms with Crippen molar-refractivity contribution >= 4 is 11.8 Å². The minimum absolute atomic E-state index is 0.197. The van der Waals surface area contributed by atoms with Crippen molar-refractivity contribution in [2.24, 2.45) is 0 Å². The maximum absolute atomic E-state index is 13.4. The fraction of sp³-hybridized carbons (Fsp3) is 0.125. The second-order valence-corrected chi connectivity index (χ2v) is 8.86. The average molecular weight is 499 g/mol. The average Bonchev–Trinajstić information content (AvgIpc) is 2.98. The van der Waals surface area contributed by atoms with Gasteiger partial charge in [-0.05, 0) is 35.4 Å². The van der Waals surface area contributed by atoms with Gasteiger partial charge < -0.3 is 9.80 Å². The molecule has 0 fully saturated rings. The highest BCUT2D eigenvalue weighted by molar-refractivity contribution is 6.02. The Kier molecular flexibility index (Phi) is 7.96. The first kappa shape index (κ1) is 25.9. The van der Waals surface area contributed by atoms with Crippen LogP contribution in [0, 0.1) is 22.7 Å². The molecule has 0 spiro atoms. The molecule has 0 N–H and O–H groups in total. The van der Waals surface area contributed by atoms with Gasteiger partial charge >= 0.3 is 0 Å². The lowest BCUT2D eigenvalue weighted by Crippen LogP contribution is -2.37. The Morgan fingerprint density at radius 2 is 0.868 bits per heavy atom. The Labute approximate surface area is 222 Å². The molecular weight excluding hydrogens is 472 g/mol. The molecule has 6 heteroatoms. The number of carbonyl (C=O) groups excluding carboxylic acids is 2. The topological polar surface area (TPSA) is 88.2 Å².